The van der Waals surface area contributed by atoms with Gasteiger partial charge in [0.25, 0.3) is 0 Å². The zero-order chi connectivity index (χ0) is 24.3. The van der Waals surface area contributed by atoms with E-state index in [1.54, 1.807) is 0 Å². The zero-order valence-corrected chi connectivity index (χ0v) is 22.7. The Morgan fingerprint density at radius 3 is 1.38 bits per heavy atom. The summed E-state index contributed by atoms with van der Waals surface area (Å²) >= 11 is 0. The van der Waals surface area contributed by atoms with Gasteiger partial charge in [0.2, 0.25) is 0 Å². The van der Waals surface area contributed by atoms with E-state index >= 15 is 0 Å². The quantitative estimate of drug-likeness (QED) is 0.150. The van der Waals surface area contributed by atoms with Gasteiger partial charge >= 0.3 is 0 Å². The van der Waals surface area contributed by atoms with E-state index in [-0.39, 0.29) is 0 Å². The maximum atomic E-state index is 13.2. The van der Waals surface area contributed by atoms with Crippen LogP contribution in [0.4, 0.5) is 0 Å². The van der Waals surface area contributed by atoms with Crippen molar-refractivity contribution in [2.24, 2.45) is 0 Å². The summed E-state index contributed by atoms with van der Waals surface area (Å²) < 4.78 is 27.3. The van der Waals surface area contributed by atoms with E-state index in [4.69, 9.17) is 9.47 Å². The highest BCUT2D eigenvalue weighted by Crippen LogP contribution is 2.45. The molecule has 3 rings (SSSR count). The molecule has 0 fully saturated rings. The van der Waals surface area contributed by atoms with Crippen LogP contribution in [0.3, 0.4) is 0 Å². The normalized spacial score (nSPS) is 11.6. The topological polar surface area (TPSA) is 41.5 Å². The lowest BCUT2D eigenvalue weighted by molar-refractivity contribution is 0.302. The number of ether oxygens (including phenoxy) is 2. The minimum atomic E-state index is -1.15. The van der Waals surface area contributed by atoms with Crippen LogP contribution >= 0.6 is 10.8 Å². The van der Waals surface area contributed by atoms with Crippen molar-refractivity contribution in [1.82, 2.24) is 0 Å². The maximum absolute atomic E-state index is 13.2. The summed E-state index contributed by atoms with van der Waals surface area (Å²) in [6.45, 7) is 10.1. The molecular formula is C30H44O3S. The SMILES string of the molecule is CCCCCCCCOc1cc2c3cc(OCCCCCCCC)c(C)cc3[s+]([O-])c2cc1C. The lowest BCUT2D eigenvalue weighted by Crippen LogP contribution is -1.99. The van der Waals surface area contributed by atoms with Crippen LogP contribution in [-0.4, -0.2) is 17.8 Å². The first kappa shape index (κ1) is 26.8. The van der Waals surface area contributed by atoms with E-state index in [0.717, 1.165) is 68.9 Å². The molecule has 0 aliphatic rings. The second kappa shape index (κ2) is 13.9. The van der Waals surface area contributed by atoms with E-state index in [0.29, 0.717) is 0 Å². The molecule has 188 valence electrons. The van der Waals surface area contributed by atoms with Crippen molar-refractivity contribution in [2.45, 2.75) is 105 Å². The number of thiophene rings is 1. The Labute approximate surface area is 209 Å². The van der Waals surface area contributed by atoms with Gasteiger partial charge in [0.15, 0.2) is 9.40 Å². The van der Waals surface area contributed by atoms with Gasteiger partial charge in [0, 0.05) is 12.1 Å². The maximum Gasteiger partial charge on any atom is 0.181 e. The molecule has 1 heterocycles. The fourth-order valence-corrected chi connectivity index (χ4v) is 6.15. The molecule has 0 aliphatic heterocycles. The van der Waals surface area contributed by atoms with Crippen molar-refractivity contribution in [3.8, 4) is 11.5 Å². The minimum absolute atomic E-state index is 0.738. The van der Waals surface area contributed by atoms with E-state index in [1.807, 2.05) is 12.1 Å². The van der Waals surface area contributed by atoms with Crippen molar-refractivity contribution >= 4 is 30.9 Å². The largest absolute Gasteiger partial charge is 0.590 e. The summed E-state index contributed by atoms with van der Waals surface area (Å²) in [5.41, 5.74) is 2.12. The van der Waals surface area contributed by atoms with E-state index in [1.165, 1.54) is 64.2 Å². The summed E-state index contributed by atoms with van der Waals surface area (Å²) in [5, 5.41) is 2.06. The number of benzene rings is 2. The Balaban J connectivity index is 1.69. The monoisotopic (exact) mass is 484 g/mol. The molecule has 0 saturated heterocycles. The van der Waals surface area contributed by atoms with Crippen LogP contribution in [0.5, 0.6) is 11.5 Å². The molecule has 0 aliphatic carbocycles. The van der Waals surface area contributed by atoms with Gasteiger partial charge in [-0.05, 0) is 60.7 Å². The first-order valence-corrected chi connectivity index (χ1v) is 14.7. The van der Waals surface area contributed by atoms with Gasteiger partial charge in [-0.3, -0.25) is 0 Å². The first-order valence-electron chi connectivity index (χ1n) is 13.5. The molecule has 0 spiro atoms. The molecule has 4 heteroatoms. The standard InChI is InChI=1S/C30H44O3S/c1-5-7-9-11-13-15-17-32-27-21-25-26-22-28(33-18-16-14-12-10-8-6-2)24(4)20-30(26)34(31)29(25)19-23(27)3/h19-22H,5-18H2,1-4H3. The molecule has 0 unspecified atom stereocenters. The summed E-state index contributed by atoms with van der Waals surface area (Å²) in [6, 6.07) is 8.29. The van der Waals surface area contributed by atoms with Crippen LogP contribution in [0, 0.1) is 13.8 Å². The van der Waals surface area contributed by atoms with Gasteiger partial charge in [-0.15, -0.1) is 0 Å². The molecule has 0 amide bonds. The number of hydrogen-bond acceptors (Lipinski definition) is 3. The van der Waals surface area contributed by atoms with E-state index in [2.05, 4.69) is 39.8 Å². The lowest BCUT2D eigenvalue weighted by atomic mass is 10.1. The highest BCUT2D eigenvalue weighted by Gasteiger charge is 2.20. The fraction of sp³-hybridized carbons (Fsp3) is 0.600. The Kier molecular flexibility index (Phi) is 11.0. The number of fused-ring (bicyclic) bond motifs is 3. The first-order chi connectivity index (χ1) is 16.6. The van der Waals surface area contributed by atoms with Crippen molar-refractivity contribution in [3.05, 3.63) is 35.4 Å². The second-order valence-corrected chi connectivity index (χ2v) is 11.1. The third-order valence-electron chi connectivity index (χ3n) is 6.75. The highest BCUT2D eigenvalue weighted by atomic mass is 32.2. The molecular weight excluding hydrogens is 440 g/mol. The Morgan fingerprint density at radius 1 is 0.588 bits per heavy atom. The Morgan fingerprint density at radius 2 is 0.971 bits per heavy atom. The van der Waals surface area contributed by atoms with Crippen molar-refractivity contribution in [1.29, 1.82) is 0 Å². The zero-order valence-electron chi connectivity index (χ0n) is 21.8. The molecule has 0 saturated carbocycles. The van der Waals surface area contributed by atoms with Crippen LogP contribution in [0.1, 0.15) is 102 Å². The number of unbranched alkanes of at least 4 members (excludes halogenated alkanes) is 10. The smallest absolute Gasteiger partial charge is 0.181 e. The summed E-state index contributed by atoms with van der Waals surface area (Å²) in [7, 11) is -1.15. The third kappa shape index (κ3) is 7.11. The third-order valence-corrected chi connectivity index (χ3v) is 8.23. The molecule has 1 aromatic heterocycles. The van der Waals surface area contributed by atoms with Gasteiger partial charge in [0.05, 0.1) is 24.0 Å². The highest BCUT2D eigenvalue weighted by molar-refractivity contribution is 7.37. The van der Waals surface area contributed by atoms with Gasteiger partial charge in [-0.2, -0.15) is 0 Å². The van der Waals surface area contributed by atoms with Crippen molar-refractivity contribution in [2.75, 3.05) is 13.2 Å². The van der Waals surface area contributed by atoms with Gasteiger partial charge in [-0.25, -0.2) is 0 Å². The average molecular weight is 485 g/mol. The summed E-state index contributed by atoms with van der Waals surface area (Å²) in [5.74, 6) is 1.82. The van der Waals surface area contributed by atoms with E-state index in [9.17, 15) is 4.55 Å². The minimum Gasteiger partial charge on any atom is -0.590 e. The van der Waals surface area contributed by atoms with Crippen LogP contribution in [0.2, 0.25) is 0 Å². The van der Waals surface area contributed by atoms with Crippen LogP contribution in [0.25, 0.3) is 20.2 Å². The van der Waals surface area contributed by atoms with Gasteiger partial charge in [-0.1, -0.05) is 78.1 Å². The molecule has 0 bridgehead atoms. The predicted molar refractivity (Wildman–Crippen MR) is 147 cm³/mol. The number of hydrogen-bond donors (Lipinski definition) is 0. The molecule has 3 nitrogen and oxygen atoms in total. The van der Waals surface area contributed by atoms with Crippen molar-refractivity contribution in [3.63, 3.8) is 0 Å². The van der Waals surface area contributed by atoms with E-state index < -0.39 is 10.8 Å². The van der Waals surface area contributed by atoms with Crippen LogP contribution < -0.4 is 9.47 Å². The van der Waals surface area contributed by atoms with Gasteiger partial charge in [0.1, 0.15) is 11.5 Å². The average Bonchev–Trinajstić information content (AvgIpc) is 3.08. The Bertz CT molecular complexity index is 956. The second-order valence-electron chi connectivity index (χ2n) is 9.73. The van der Waals surface area contributed by atoms with Crippen molar-refractivity contribution < 1.29 is 14.0 Å². The number of rotatable bonds is 16. The molecule has 3 aromatic rings. The molecule has 0 N–H and O–H groups in total. The molecule has 0 atom stereocenters. The van der Waals surface area contributed by atoms with Gasteiger partial charge < -0.3 is 14.0 Å². The molecule has 34 heavy (non-hydrogen) atoms. The molecule has 2 aromatic carbocycles. The lowest BCUT2D eigenvalue weighted by Gasteiger charge is -2.10. The number of aryl methyl sites for hydroxylation is 2. The van der Waals surface area contributed by atoms with Crippen LogP contribution in [-0.2, 0) is 0 Å². The summed E-state index contributed by atoms with van der Waals surface area (Å²) in [4.78, 5) is 0. The van der Waals surface area contributed by atoms with Crippen LogP contribution in [0.15, 0.2) is 24.3 Å². The molecule has 0 radical (unpaired) electrons. The predicted octanol–water partition coefficient (Wildman–Crippen LogP) is 9.82. The fourth-order valence-electron chi connectivity index (χ4n) is 4.61. The summed E-state index contributed by atoms with van der Waals surface area (Å²) in [6.07, 6.45) is 15.0. The Hall–Kier alpha value is -1.78.